The standard InChI is InChI=1S/C7H13NS2/c1-3-8-4-2-6-10-7(8)9-5-1/h7H,1-6H2. The van der Waals surface area contributed by atoms with Crippen molar-refractivity contribution in [3.63, 3.8) is 0 Å². The molecule has 0 aliphatic carbocycles. The highest BCUT2D eigenvalue weighted by Crippen LogP contribution is 2.35. The summed E-state index contributed by atoms with van der Waals surface area (Å²) < 4.78 is 0.822. The molecule has 2 aliphatic rings. The second kappa shape index (κ2) is 3.37. The van der Waals surface area contributed by atoms with Gasteiger partial charge in [-0.05, 0) is 24.3 Å². The van der Waals surface area contributed by atoms with Gasteiger partial charge in [-0.25, -0.2) is 0 Å². The van der Waals surface area contributed by atoms with Crippen LogP contribution in [0.3, 0.4) is 0 Å². The van der Waals surface area contributed by atoms with Crippen molar-refractivity contribution in [2.24, 2.45) is 0 Å². The maximum absolute atomic E-state index is 2.63. The number of rotatable bonds is 0. The van der Waals surface area contributed by atoms with Crippen molar-refractivity contribution < 1.29 is 0 Å². The molecule has 0 bridgehead atoms. The van der Waals surface area contributed by atoms with Gasteiger partial charge in [0.25, 0.3) is 0 Å². The minimum Gasteiger partial charge on any atom is -0.283 e. The Labute approximate surface area is 70.9 Å². The van der Waals surface area contributed by atoms with Crippen LogP contribution < -0.4 is 0 Å². The van der Waals surface area contributed by atoms with Crippen LogP contribution in [0.1, 0.15) is 12.8 Å². The Balaban J connectivity index is 1.93. The van der Waals surface area contributed by atoms with E-state index in [1.54, 1.807) is 0 Å². The van der Waals surface area contributed by atoms with Crippen LogP contribution in [0.5, 0.6) is 0 Å². The molecule has 0 aromatic rings. The first-order chi connectivity index (χ1) is 4.97. The van der Waals surface area contributed by atoms with Crippen molar-refractivity contribution in [3.05, 3.63) is 0 Å². The van der Waals surface area contributed by atoms with Crippen LogP contribution in [-0.4, -0.2) is 34.2 Å². The predicted octanol–water partition coefficient (Wildman–Crippen LogP) is 1.85. The minimum absolute atomic E-state index is 0.822. The average Bonchev–Trinajstić information content (AvgIpc) is 2.05. The van der Waals surface area contributed by atoms with E-state index in [-0.39, 0.29) is 0 Å². The SMILES string of the molecule is C1CSC2SCCCN2C1. The maximum atomic E-state index is 2.63. The molecular weight excluding hydrogens is 162 g/mol. The summed E-state index contributed by atoms with van der Waals surface area (Å²) >= 11 is 4.27. The zero-order chi connectivity index (χ0) is 6.81. The lowest BCUT2D eigenvalue weighted by atomic mass is 10.4. The zero-order valence-electron chi connectivity index (χ0n) is 6.08. The third-order valence-corrected chi connectivity index (χ3v) is 5.03. The van der Waals surface area contributed by atoms with Gasteiger partial charge in [0, 0.05) is 13.1 Å². The van der Waals surface area contributed by atoms with Crippen LogP contribution in [-0.2, 0) is 0 Å². The van der Waals surface area contributed by atoms with E-state index in [4.69, 9.17) is 0 Å². The normalized spacial score (nSPS) is 30.0. The molecule has 0 N–H and O–H groups in total. The Morgan fingerprint density at radius 3 is 2.10 bits per heavy atom. The van der Waals surface area contributed by atoms with Gasteiger partial charge < -0.3 is 0 Å². The molecule has 2 heterocycles. The summed E-state index contributed by atoms with van der Waals surface area (Å²) in [6, 6.07) is 0. The van der Waals surface area contributed by atoms with Crippen molar-refractivity contribution in [2.45, 2.75) is 17.5 Å². The second-order valence-corrected chi connectivity index (χ2v) is 5.47. The van der Waals surface area contributed by atoms with E-state index in [0.717, 1.165) is 4.71 Å². The monoisotopic (exact) mass is 175 g/mol. The molecule has 10 heavy (non-hydrogen) atoms. The van der Waals surface area contributed by atoms with E-state index < -0.39 is 0 Å². The maximum Gasteiger partial charge on any atom is 0.103 e. The fourth-order valence-corrected chi connectivity index (χ4v) is 4.29. The molecule has 1 nitrogen and oxygen atoms in total. The van der Waals surface area contributed by atoms with Crippen molar-refractivity contribution in [3.8, 4) is 0 Å². The molecule has 2 saturated heterocycles. The van der Waals surface area contributed by atoms with Gasteiger partial charge in [0.2, 0.25) is 0 Å². The number of hydrogen-bond donors (Lipinski definition) is 0. The lowest BCUT2D eigenvalue weighted by molar-refractivity contribution is 0.290. The quantitative estimate of drug-likeness (QED) is 0.553. The Kier molecular flexibility index (Phi) is 2.47. The highest BCUT2D eigenvalue weighted by molar-refractivity contribution is 8.16. The highest BCUT2D eigenvalue weighted by Gasteiger charge is 2.25. The molecule has 0 saturated carbocycles. The molecule has 0 amide bonds. The van der Waals surface area contributed by atoms with Crippen molar-refractivity contribution in [1.82, 2.24) is 4.90 Å². The summed E-state index contributed by atoms with van der Waals surface area (Å²) in [4.78, 5) is 2.63. The zero-order valence-corrected chi connectivity index (χ0v) is 7.72. The number of nitrogens with zero attached hydrogens (tertiary/aromatic N) is 1. The second-order valence-electron chi connectivity index (χ2n) is 2.79. The fraction of sp³-hybridized carbons (Fsp3) is 1.00. The third-order valence-electron chi connectivity index (χ3n) is 2.00. The molecule has 0 aromatic heterocycles. The van der Waals surface area contributed by atoms with Gasteiger partial charge in [0.1, 0.15) is 4.71 Å². The first-order valence-electron chi connectivity index (χ1n) is 3.94. The van der Waals surface area contributed by atoms with Crippen LogP contribution in [0, 0.1) is 0 Å². The Morgan fingerprint density at radius 2 is 1.60 bits per heavy atom. The largest absolute Gasteiger partial charge is 0.283 e. The summed E-state index contributed by atoms with van der Waals surface area (Å²) in [5.74, 6) is 2.77. The van der Waals surface area contributed by atoms with Gasteiger partial charge in [-0.15, -0.1) is 23.5 Å². The van der Waals surface area contributed by atoms with E-state index >= 15 is 0 Å². The van der Waals surface area contributed by atoms with E-state index in [1.165, 1.54) is 37.4 Å². The highest BCUT2D eigenvalue weighted by atomic mass is 32.2. The fourth-order valence-electron chi connectivity index (χ4n) is 1.49. The number of thioether (sulfide) groups is 2. The van der Waals surface area contributed by atoms with Crippen LogP contribution in [0.15, 0.2) is 0 Å². The molecule has 0 aromatic carbocycles. The molecule has 3 heteroatoms. The van der Waals surface area contributed by atoms with Crippen molar-refractivity contribution >= 4 is 23.5 Å². The number of hydrogen-bond acceptors (Lipinski definition) is 3. The van der Waals surface area contributed by atoms with Crippen molar-refractivity contribution in [2.75, 3.05) is 24.6 Å². The van der Waals surface area contributed by atoms with Crippen molar-refractivity contribution in [1.29, 1.82) is 0 Å². The summed E-state index contributed by atoms with van der Waals surface area (Å²) in [5, 5.41) is 0. The van der Waals surface area contributed by atoms with Crippen LogP contribution in [0.25, 0.3) is 0 Å². The van der Waals surface area contributed by atoms with Gasteiger partial charge in [-0.1, -0.05) is 0 Å². The summed E-state index contributed by atoms with van der Waals surface area (Å²) in [6.45, 7) is 2.70. The third kappa shape index (κ3) is 1.46. The van der Waals surface area contributed by atoms with Gasteiger partial charge in [-0.2, -0.15) is 0 Å². The van der Waals surface area contributed by atoms with E-state index in [0.29, 0.717) is 0 Å². The predicted molar refractivity (Wildman–Crippen MR) is 49.5 cm³/mol. The first-order valence-corrected chi connectivity index (χ1v) is 6.04. The Morgan fingerprint density at radius 1 is 1.00 bits per heavy atom. The molecule has 0 atom stereocenters. The molecular formula is C7H13NS2. The van der Waals surface area contributed by atoms with Crippen LogP contribution in [0.4, 0.5) is 0 Å². The first kappa shape index (κ1) is 7.32. The summed E-state index contributed by atoms with van der Waals surface area (Å²) in [7, 11) is 0. The smallest absolute Gasteiger partial charge is 0.103 e. The van der Waals surface area contributed by atoms with E-state index in [1.807, 2.05) is 0 Å². The van der Waals surface area contributed by atoms with Crippen LogP contribution in [0.2, 0.25) is 0 Å². The lowest BCUT2D eigenvalue weighted by Gasteiger charge is -2.37. The topological polar surface area (TPSA) is 3.24 Å². The average molecular weight is 175 g/mol. The Bertz CT molecular complexity index is 92.2. The van der Waals surface area contributed by atoms with Gasteiger partial charge in [-0.3, -0.25) is 4.90 Å². The number of fused-ring (bicyclic) bond motifs is 1. The summed E-state index contributed by atoms with van der Waals surface area (Å²) in [6.07, 6.45) is 2.81. The molecule has 58 valence electrons. The lowest BCUT2D eigenvalue weighted by Crippen LogP contribution is -2.39. The van der Waals surface area contributed by atoms with Crippen LogP contribution >= 0.6 is 23.5 Å². The Hall–Kier alpha value is 0.660. The van der Waals surface area contributed by atoms with Gasteiger partial charge in [0.05, 0.1) is 0 Å². The summed E-state index contributed by atoms with van der Waals surface area (Å²) in [5.41, 5.74) is 0. The van der Waals surface area contributed by atoms with Gasteiger partial charge >= 0.3 is 0 Å². The molecule has 0 unspecified atom stereocenters. The molecule has 0 radical (unpaired) electrons. The van der Waals surface area contributed by atoms with E-state index in [2.05, 4.69) is 28.4 Å². The molecule has 2 rings (SSSR count). The molecule has 2 aliphatic heterocycles. The molecule has 2 fully saturated rings. The minimum atomic E-state index is 0.822. The van der Waals surface area contributed by atoms with Gasteiger partial charge in [0.15, 0.2) is 0 Å². The van der Waals surface area contributed by atoms with E-state index in [9.17, 15) is 0 Å². The molecule has 0 spiro atoms.